The Kier molecular flexibility index (Phi) is 7.31. The van der Waals surface area contributed by atoms with Crippen LogP contribution in [-0.2, 0) is 0 Å². The number of primary amides is 2. The standard InChI is InChI=1S/C4H8.C2H5N3O2/c1-4(2)3;3-1(6)5-2(4)7/h1H2,2-3H3;(H5,3,4,5,6,7). The topological polar surface area (TPSA) is 98.2 Å². The predicted molar refractivity (Wildman–Crippen MR) is 42.8 cm³/mol. The van der Waals surface area contributed by atoms with E-state index in [1.165, 1.54) is 5.57 Å². The second-order valence-corrected chi connectivity index (χ2v) is 2.06. The van der Waals surface area contributed by atoms with Gasteiger partial charge in [-0.3, -0.25) is 5.32 Å². The van der Waals surface area contributed by atoms with Gasteiger partial charge in [-0.05, 0) is 13.8 Å². The molecular weight excluding hydrogens is 146 g/mol. The Balaban J connectivity index is 0. The number of rotatable bonds is 0. The molecule has 5 nitrogen and oxygen atoms in total. The van der Waals surface area contributed by atoms with Crippen LogP contribution in [0.15, 0.2) is 12.2 Å². The highest BCUT2D eigenvalue weighted by molar-refractivity contribution is 5.91. The molecule has 64 valence electrons. The summed E-state index contributed by atoms with van der Waals surface area (Å²) in [4.78, 5) is 19.2. The quantitative estimate of drug-likeness (QED) is 0.443. The molecule has 0 aliphatic rings. The van der Waals surface area contributed by atoms with E-state index in [1.807, 2.05) is 13.8 Å². The van der Waals surface area contributed by atoms with Crippen LogP contribution >= 0.6 is 0 Å². The van der Waals surface area contributed by atoms with E-state index in [-0.39, 0.29) is 0 Å². The molecule has 0 heterocycles. The maximum absolute atomic E-state index is 9.62. The van der Waals surface area contributed by atoms with Crippen LogP contribution in [0.5, 0.6) is 0 Å². The van der Waals surface area contributed by atoms with Crippen molar-refractivity contribution in [1.29, 1.82) is 0 Å². The van der Waals surface area contributed by atoms with Gasteiger partial charge in [-0.1, -0.05) is 5.57 Å². The van der Waals surface area contributed by atoms with Crippen molar-refractivity contribution in [3.05, 3.63) is 12.2 Å². The number of allylic oxidation sites excluding steroid dienone is 1. The summed E-state index contributed by atoms with van der Waals surface area (Å²) in [6, 6.07) is -1.88. The highest BCUT2D eigenvalue weighted by Gasteiger charge is 1.92. The fraction of sp³-hybridized carbons (Fsp3) is 0.333. The van der Waals surface area contributed by atoms with E-state index >= 15 is 0 Å². The largest absolute Gasteiger partial charge is 0.351 e. The summed E-state index contributed by atoms with van der Waals surface area (Å²) in [5.74, 6) is 0. The summed E-state index contributed by atoms with van der Waals surface area (Å²) in [6.45, 7) is 7.50. The highest BCUT2D eigenvalue weighted by atomic mass is 16.2. The molecule has 0 fully saturated rings. The minimum absolute atomic E-state index is 0.937. The third-order valence-corrected chi connectivity index (χ3v) is 0.246. The average molecular weight is 159 g/mol. The van der Waals surface area contributed by atoms with Crippen molar-refractivity contribution in [3.8, 4) is 0 Å². The number of urea groups is 2. The van der Waals surface area contributed by atoms with Crippen LogP contribution in [0.3, 0.4) is 0 Å². The van der Waals surface area contributed by atoms with Crippen molar-refractivity contribution in [3.63, 3.8) is 0 Å². The van der Waals surface area contributed by atoms with Gasteiger partial charge < -0.3 is 11.5 Å². The van der Waals surface area contributed by atoms with E-state index in [9.17, 15) is 9.59 Å². The molecule has 0 bridgehead atoms. The molecule has 0 rings (SSSR count). The Morgan fingerprint density at radius 3 is 1.36 bits per heavy atom. The molecule has 0 unspecified atom stereocenters. The molecule has 0 aliphatic heterocycles. The minimum Gasteiger partial charge on any atom is -0.351 e. The first-order chi connectivity index (χ1) is 4.86. The lowest BCUT2D eigenvalue weighted by molar-refractivity contribution is 0.236. The van der Waals surface area contributed by atoms with Crippen LogP contribution in [0.1, 0.15) is 13.8 Å². The van der Waals surface area contributed by atoms with Crippen molar-refractivity contribution in [2.75, 3.05) is 0 Å². The monoisotopic (exact) mass is 159 g/mol. The maximum Gasteiger partial charge on any atom is 0.320 e. The number of nitrogens with one attached hydrogen (secondary N) is 1. The van der Waals surface area contributed by atoms with Gasteiger partial charge >= 0.3 is 12.1 Å². The van der Waals surface area contributed by atoms with Gasteiger partial charge in [-0.2, -0.15) is 0 Å². The fourth-order valence-corrected chi connectivity index (χ4v) is 0.121. The Morgan fingerprint density at radius 2 is 1.36 bits per heavy atom. The summed E-state index contributed by atoms with van der Waals surface area (Å²) >= 11 is 0. The minimum atomic E-state index is -0.938. The summed E-state index contributed by atoms with van der Waals surface area (Å²) in [6.07, 6.45) is 0. The number of imide groups is 1. The van der Waals surface area contributed by atoms with Gasteiger partial charge in [-0.15, -0.1) is 6.58 Å². The second-order valence-electron chi connectivity index (χ2n) is 2.06. The number of hydrogen-bond acceptors (Lipinski definition) is 2. The lowest BCUT2D eigenvalue weighted by atomic mass is 10.4. The van der Waals surface area contributed by atoms with Crippen molar-refractivity contribution >= 4 is 12.1 Å². The molecule has 0 aromatic carbocycles. The number of hydrogen-bond donors (Lipinski definition) is 3. The molecule has 0 aliphatic carbocycles. The molecular formula is C6H13N3O2. The highest BCUT2D eigenvalue weighted by Crippen LogP contribution is 1.73. The van der Waals surface area contributed by atoms with Gasteiger partial charge in [0.15, 0.2) is 0 Å². The Bertz CT molecular complexity index is 149. The summed E-state index contributed by atoms with van der Waals surface area (Å²) in [7, 11) is 0. The molecule has 0 saturated heterocycles. The zero-order valence-corrected chi connectivity index (χ0v) is 6.68. The van der Waals surface area contributed by atoms with E-state index in [0.717, 1.165) is 0 Å². The second kappa shape index (κ2) is 6.60. The molecule has 5 heteroatoms. The van der Waals surface area contributed by atoms with Gasteiger partial charge in [0.05, 0.1) is 0 Å². The first kappa shape index (κ1) is 12.2. The smallest absolute Gasteiger partial charge is 0.320 e. The molecule has 0 aromatic heterocycles. The molecule has 11 heavy (non-hydrogen) atoms. The molecule has 0 saturated carbocycles. The lowest BCUT2D eigenvalue weighted by Crippen LogP contribution is -2.38. The van der Waals surface area contributed by atoms with Crippen molar-refractivity contribution < 1.29 is 9.59 Å². The molecule has 0 radical (unpaired) electrons. The normalized spacial score (nSPS) is 7.09. The average Bonchev–Trinajstić information content (AvgIpc) is 1.56. The predicted octanol–water partition coefficient (Wildman–Crippen LogP) is 0.316. The van der Waals surface area contributed by atoms with Crippen LogP contribution in [0.2, 0.25) is 0 Å². The van der Waals surface area contributed by atoms with Gasteiger partial charge in [0.25, 0.3) is 0 Å². The summed E-state index contributed by atoms with van der Waals surface area (Å²) in [5.41, 5.74) is 10.1. The van der Waals surface area contributed by atoms with Crippen LogP contribution in [-0.4, -0.2) is 12.1 Å². The van der Waals surface area contributed by atoms with Gasteiger partial charge in [0.2, 0.25) is 0 Å². The van der Waals surface area contributed by atoms with Crippen molar-refractivity contribution in [2.45, 2.75) is 13.8 Å². The Hall–Kier alpha value is -1.52. The molecule has 4 amide bonds. The first-order valence-corrected chi connectivity index (χ1v) is 2.84. The van der Waals surface area contributed by atoms with Gasteiger partial charge in [-0.25, -0.2) is 9.59 Å². The fourth-order valence-electron chi connectivity index (χ4n) is 0.121. The summed E-state index contributed by atoms with van der Waals surface area (Å²) < 4.78 is 0. The number of amides is 4. The van der Waals surface area contributed by atoms with Crippen LogP contribution in [0.25, 0.3) is 0 Å². The maximum atomic E-state index is 9.62. The Morgan fingerprint density at radius 1 is 1.18 bits per heavy atom. The zero-order valence-electron chi connectivity index (χ0n) is 6.68. The molecule has 0 atom stereocenters. The van der Waals surface area contributed by atoms with Crippen LogP contribution < -0.4 is 16.8 Å². The first-order valence-electron chi connectivity index (χ1n) is 2.84. The number of nitrogens with two attached hydrogens (primary N) is 2. The van der Waals surface area contributed by atoms with E-state index in [1.54, 1.807) is 5.32 Å². The van der Waals surface area contributed by atoms with Crippen molar-refractivity contribution in [2.24, 2.45) is 11.5 Å². The van der Waals surface area contributed by atoms with E-state index in [0.29, 0.717) is 0 Å². The molecule has 5 N–H and O–H groups in total. The number of carbonyl (C=O) groups is 2. The molecule has 0 spiro atoms. The third kappa shape index (κ3) is 57.9. The zero-order chi connectivity index (χ0) is 9.44. The van der Waals surface area contributed by atoms with Crippen molar-refractivity contribution in [1.82, 2.24) is 5.32 Å². The third-order valence-electron chi connectivity index (χ3n) is 0.246. The van der Waals surface area contributed by atoms with Crippen LogP contribution in [0.4, 0.5) is 9.59 Å². The van der Waals surface area contributed by atoms with Gasteiger partial charge in [0, 0.05) is 0 Å². The SMILES string of the molecule is C=C(C)C.NC(=O)NC(N)=O. The van der Waals surface area contributed by atoms with Gasteiger partial charge in [0.1, 0.15) is 0 Å². The summed E-state index contributed by atoms with van der Waals surface area (Å²) in [5, 5.41) is 1.58. The Labute approximate surface area is 65.4 Å². The van der Waals surface area contributed by atoms with E-state index < -0.39 is 12.1 Å². The van der Waals surface area contributed by atoms with E-state index in [4.69, 9.17) is 0 Å². The van der Waals surface area contributed by atoms with E-state index in [2.05, 4.69) is 18.0 Å². The number of carbonyl (C=O) groups excluding carboxylic acids is 2. The lowest BCUT2D eigenvalue weighted by Gasteiger charge is -1.88. The molecule has 0 aromatic rings. The van der Waals surface area contributed by atoms with Crippen LogP contribution in [0, 0.1) is 0 Å².